The molecule has 0 fully saturated rings. The Morgan fingerprint density at radius 3 is 2.57 bits per heavy atom. The van der Waals surface area contributed by atoms with Crippen molar-refractivity contribution in [2.24, 2.45) is 5.73 Å². The molecular formula is C10H8F3N. The maximum absolute atomic E-state index is 12.9. The van der Waals surface area contributed by atoms with Crippen LogP contribution in [0, 0.1) is 17.7 Å². The van der Waals surface area contributed by atoms with Gasteiger partial charge in [-0.1, -0.05) is 11.8 Å². The van der Waals surface area contributed by atoms with Crippen molar-refractivity contribution in [3.8, 4) is 11.8 Å². The van der Waals surface area contributed by atoms with Crippen molar-refractivity contribution in [3.05, 3.63) is 35.1 Å². The van der Waals surface area contributed by atoms with E-state index in [0.29, 0.717) is 5.56 Å². The van der Waals surface area contributed by atoms with Gasteiger partial charge in [-0.2, -0.15) is 0 Å². The molecule has 2 N–H and O–H groups in total. The summed E-state index contributed by atoms with van der Waals surface area (Å²) in [5, 5.41) is 0. The predicted octanol–water partition coefficient (Wildman–Crippen LogP) is 2.07. The lowest BCUT2D eigenvalue weighted by Gasteiger charge is -2.00. The first-order valence-electron chi connectivity index (χ1n) is 3.91. The van der Waals surface area contributed by atoms with E-state index in [4.69, 9.17) is 5.73 Å². The number of halogens is 3. The first-order valence-corrected chi connectivity index (χ1v) is 3.91. The molecule has 4 heteroatoms. The molecular weight excluding hydrogens is 191 g/mol. The molecule has 1 aromatic rings. The van der Waals surface area contributed by atoms with Gasteiger partial charge in [-0.25, -0.2) is 13.2 Å². The van der Waals surface area contributed by atoms with Crippen LogP contribution in [-0.2, 0) is 0 Å². The molecule has 1 nitrogen and oxygen atoms in total. The Labute approximate surface area is 79.7 Å². The normalized spacial score (nSPS) is 9.79. The van der Waals surface area contributed by atoms with E-state index in [0.717, 1.165) is 12.1 Å². The number of alkyl halides is 2. The zero-order valence-electron chi connectivity index (χ0n) is 7.23. The van der Waals surface area contributed by atoms with Crippen LogP contribution in [0.2, 0.25) is 0 Å². The summed E-state index contributed by atoms with van der Waals surface area (Å²) < 4.78 is 37.2. The third kappa shape index (κ3) is 2.51. The molecule has 0 saturated heterocycles. The Kier molecular flexibility index (Phi) is 3.55. The van der Waals surface area contributed by atoms with Gasteiger partial charge < -0.3 is 5.73 Å². The molecule has 0 amide bonds. The van der Waals surface area contributed by atoms with Crippen LogP contribution in [0.5, 0.6) is 0 Å². The van der Waals surface area contributed by atoms with E-state index in [1.54, 1.807) is 0 Å². The first-order chi connectivity index (χ1) is 6.65. The first kappa shape index (κ1) is 10.6. The monoisotopic (exact) mass is 199 g/mol. The van der Waals surface area contributed by atoms with Crippen LogP contribution in [-0.4, -0.2) is 6.54 Å². The number of hydrogen-bond acceptors (Lipinski definition) is 1. The fourth-order valence-corrected chi connectivity index (χ4v) is 0.935. The molecule has 0 aromatic heterocycles. The second-order valence-electron chi connectivity index (χ2n) is 2.54. The lowest BCUT2D eigenvalue weighted by Crippen LogP contribution is -1.94. The molecule has 0 heterocycles. The fourth-order valence-electron chi connectivity index (χ4n) is 0.935. The Morgan fingerprint density at radius 2 is 2.07 bits per heavy atom. The molecule has 0 aliphatic carbocycles. The van der Waals surface area contributed by atoms with Crippen LogP contribution >= 0.6 is 0 Å². The van der Waals surface area contributed by atoms with Crippen molar-refractivity contribution in [2.75, 3.05) is 6.54 Å². The Morgan fingerprint density at radius 1 is 1.36 bits per heavy atom. The van der Waals surface area contributed by atoms with Gasteiger partial charge in [0, 0.05) is 5.56 Å². The van der Waals surface area contributed by atoms with Gasteiger partial charge in [-0.3, -0.25) is 0 Å². The summed E-state index contributed by atoms with van der Waals surface area (Å²) in [6.45, 7) is 0.151. The molecule has 1 rings (SSSR count). The van der Waals surface area contributed by atoms with Crippen molar-refractivity contribution >= 4 is 0 Å². The third-order valence-corrected chi connectivity index (χ3v) is 1.57. The third-order valence-electron chi connectivity index (χ3n) is 1.57. The lowest BCUT2D eigenvalue weighted by molar-refractivity contribution is 0.146. The van der Waals surface area contributed by atoms with Crippen molar-refractivity contribution < 1.29 is 13.2 Å². The highest BCUT2D eigenvalue weighted by molar-refractivity contribution is 5.37. The molecule has 74 valence electrons. The van der Waals surface area contributed by atoms with Gasteiger partial charge in [-0.15, -0.1) is 0 Å². The topological polar surface area (TPSA) is 26.0 Å². The second-order valence-corrected chi connectivity index (χ2v) is 2.54. The molecule has 0 unspecified atom stereocenters. The van der Waals surface area contributed by atoms with E-state index in [2.05, 4.69) is 11.8 Å². The van der Waals surface area contributed by atoms with Crippen LogP contribution in [0.25, 0.3) is 0 Å². The summed E-state index contributed by atoms with van der Waals surface area (Å²) in [4.78, 5) is 0. The minimum atomic E-state index is -2.80. The summed E-state index contributed by atoms with van der Waals surface area (Å²) in [6, 6.07) is 3.35. The SMILES string of the molecule is NCC#Cc1ccc(C(F)F)c(F)c1. The van der Waals surface area contributed by atoms with E-state index in [1.807, 2.05) is 0 Å². The second kappa shape index (κ2) is 4.68. The Bertz CT molecular complexity index is 377. The van der Waals surface area contributed by atoms with Crippen LogP contribution < -0.4 is 5.73 Å². The minimum absolute atomic E-state index is 0.151. The molecule has 0 aliphatic heterocycles. The van der Waals surface area contributed by atoms with Crippen molar-refractivity contribution in [3.63, 3.8) is 0 Å². The van der Waals surface area contributed by atoms with Gasteiger partial charge in [0.15, 0.2) is 0 Å². The van der Waals surface area contributed by atoms with Crippen molar-refractivity contribution in [1.29, 1.82) is 0 Å². The number of rotatable bonds is 1. The highest BCUT2D eigenvalue weighted by Gasteiger charge is 2.12. The van der Waals surface area contributed by atoms with Gasteiger partial charge >= 0.3 is 0 Å². The summed E-state index contributed by atoms with van der Waals surface area (Å²) in [7, 11) is 0. The smallest absolute Gasteiger partial charge is 0.266 e. The Balaban J connectivity index is 3.00. The van der Waals surface area contributed by atoms with Gasteiger partial charge in [0.05, 0.1) is 12.1 Å². The average Bonchev–Trinajstić information content (AvgIpc) is 2.14. The van der Waals surface area contributed by atoms with Crippen LogP contribution in [0.3, 0.4) is 0 Å². The van der Waals surface area contributed by atoms with Crippen molar-refractivity contribution in [1.82, 2.24) is 0 Å². The minimum Gasteiger partial charge on any atom is -0.320 e. The van der Waals surface area contributed by atoms with E-state index < -0.39 is 17.8 Å². The molecule has 0 aliphatic rings. The molecule has 1 aromatic carbocycles. The zero-order chi connectivity index (χ0) is 10.6. The molecule has 0 radical (unpaired) electrons. The van der Waals surface area contributed by atoms with Crippen LogP contribution in [0.4, 0.5) is 13.2 Å². The van der Waals surface area contributed by atoms with Crippen molar-refractivity contribution in [2.45, 2.75) is 6.43 Å². The maximum atomic E-state index is 12.9. The summed E-state index contributed by atoms with van der Waals surface area (Å²) in [6.07, 6.45) is -2.80. The summed E-state index contributed by atoms with van der Waals surface area (Å²) in [5.41, 5.74) is 4.84. The Hall–Kier alpha value is -1.47. The van der Waals surface area contributed by atoms with E-state index in [1.165, 1.54) is 6.07 Å². The van der Waals surface area contributed by atoms with Gasteiger partial charge in [0.1, 0.15) is 5.82 Å². The zero-order valence-corrected chi connectivity index (χ0v) is 7.23. The number of hydrogen-bond donors (Lipinski definition) is 1. The highest BCUT2D eigenvalue weighted by atomic mass is 19.3. The summed E-state index contributed by atoms with van der Waals surface area (Å²) >= 11 is 0. The molecule has 0 atom stereocenters. The van der Waals surface area contributed by atoms with Crippen LogP contribution in [0.15, 0.2) is 18.2 Å². The number of nitrogens with two attached hydrogens (primary N) is 1. The molecule has 0 spiro atoms. The van der Waals surface area contributed by atoms with Gasteiger partial charge in [0.25, 0.3) is 6.43 Å². The summed E-state index contributed by atoms with van der Waals surface area (Å²) in [5.74, 6) is 4.11. The standard InChI is InChI=1S/C10H8F3N/c11-9-6-7(2-1-5-14)3-4-8(9)10(12)13/h3-4,6,10H,5,14H2. The molecule has 14 heavy (non-hydrogen) atoms. The predicted molar refractivity (Wildman–Crippen MR) is 47.3 cm³/mol. The fraction of sp³-hybridized carbons (Fsp3) is 0.200. The quantitative estimate of drug-likeness (QED) is 0.688. The van der Waals surface area contributed by atoms with Gasteiger partial charge in [0.2, 0.25) is 0 Å². The maximum Gasteiger partial charge on any atom is 0.266 e. The van der Waals surface area contributed by atoms with Gasteiger partial charge in [-0.05, 0) is 18.2 Å². The van der Waals surface area contributed by atoms with E-state index >= 15 is 0 Å². The van der Waals surface area contributed by atoms with Crippen LogP contribution in [0.1, 0.15) is 17.6 Å². The number of benzene rings is 1. The highest BCUT2D eigenvalue weighted by Crippen LogP contribution is 2.22. The van der Waals surface area contributed by atoms with E-state index in [9.17, 15) is 13.2 Å². The molecule has 0 bridgehead atoms. The lowest BCUT2D eigenvalue weighted by atomic mass is 10.1. The largest absolute Gasteiger partial charge is 0.320 e. The average molecular weight is 199 g/mol. The molecule has 0 saturated carbocycles. The van der Waals surface area contributed by atoms with E-state index in [-0.39, 0.29) is 6.54 Å².